The summed E-state index contributed by atoms with van der Waals surface area (Å²) < 4.78 is 0. The van der Waals surface area contributed by atoms with Crippen LogP contribution in [-0.4, -0.2) is 45.9 Å². The number of hydrogen-bond donors (Lipinski definition) is 3. The van der Waals surface area contributed by atoms with E-state index >= 15 is 0 Å². The van der Waals surface area contributed by atoms with Crippen molar-refractivity contribution in [1.82, 2.24) is 9.97 Å². The highest BCUT2D eigenvalue weighted by atomic mass is 16.3. The molecule has 3 rings (SSSR count). The maximum Gasteiger partial charge on any atom is 0.134 e. The molecule has 1 aliphatic rings. The number of benzene rings is 1. The Balaban J connectivity index is 1.64. The van der Waals surface area contributed by atoms with Gasteiger partial charge < -0.3 is 20.4 Å². The predicted octanol–water partition coefficient (Wildman–Crippen LogP) is 1.89. The Bertz CT molecular complexity index is 680. The molecule has 2 atom stereocenters. The molecule has 2 unspecified atom stereocenters. The van der Waals surface area contributed by atoms with Gasteiger partial charge in [0.2, 0.25) is 0 Å². The minimum atomic E-state index is -0.597. The van der Waals surface area contributed by atoms with Gasteiger partial charge in [0.05, 0.1) is 18.8 Å². The van der Waals surface area contributed by atoms with Crippen molar-refractivity contribution in [1.29, 1.82) is 0 Å². The molecule has 0 bridgehead atoms. The minimum absolute atomic E-state index is 0.130. The maximum atomic E-state index is 10.3. The summed E-state index contributed by atoms with van der Waals surface area (Å²) in [5, 5.41) is 22.9. The first-order valence-electron chi connectivity index (χ1n) is 8.35. The average Bonchev–Trinajstić information content (AvgIpc) is 3.08. The van der Waals surface area contributed by atoms with Gasteiger partial charge in [0.1, 0.15) is 18.0 Å². The lowest BCUT2D eigenvalue weighted by atomic mass is 10.1. The number of aryl methyl sites for hydroxylation is 1. The SMILES string of the molecule is Cc1cccc(C(O)CNc2cc(N3CCCC3CO)ncn2)c1. The molecule has 3 N–H and O–H groups in total. The number of aliphatic hydroxyl groups excluding tert-OH is 2. The average molecular weight is 328 g/mol. The van der Waals surface area contributed by atoms with Crippen molar-refractivity contribution in [2.45, 2.75) is 31.9 Å². The largest absolute Gasteiger partial charge is 0.394 e. The van der Waals surface area contributed by atoms with Crippen LogP contribution in [0.25, 0.3) is 0 Å². The van der Waals surface area contributed by atoms with Crippen LogP contribution in [0.1, 0.15) is 30.1 Å². The second-order valence-corrected chi connectivity index (χ2v) is 6.24. The topological polar surface area (TPSA) is 81.5 Å². The third-order valence-corrected chi connectivity index (χ3v) is 4.44. The number of nitrogens with zero attached hydrogens (tertiary/aromatic N) is 3. The first kappa shape index (κ1) is 16.7. The van der Waals surface area contributed by atoms with E-state index in [1.807, 2.05) is 37.3 Å². The van der Waals surface area contributed by atoms with Gasteiger partial charge >= 0.3 is 0 Å². The van der Waals surface area contributed by atoms with E-state index in [0.29, 0.717) is 12.4 Å². The van der Waals surface area contributed by atoms with E-state index in [1.165, 1.54) is 6.33 Å². The predicted molar refractivity (Wildman–Crippen MR) is 94.1 cm³/mol. The molecule has 6 nitrogen and oxygen atoms in total. The van der Waals surface area contributed by atoms with Gasteiger partial charge in [0, 0.05) is 19.2 Å². The van der Waals surface area contributed by atoms with E-state index in [2.05, 4.69) is 20.2 Å². The van der Waals surface area contributed by atoms with Gasteiger partial charge in [0.25, 0.3) is 0 Å². The summed E-state index contributed by atoms with van der Waals surface area (Å²) >= 11 is 0. The lowest BCUT2D eigenvalue weighted by Gasteiger charge is -2.24. The van der Waals surface area contributed by atoms with Crippen molar-refractivity contribution in [3.05, 3.63) is 47.8 Å². The second-order valence-electron chi connectivity index (χ2n) is 6.24. The molecule has 1 aromatic carbocycles. The highest BCUT2D eigenvalue weighted by molar-refractivity contribution is 5.50. The van der Waals surface area contributed by atoms with Crippen molar-refractivity contribution in [2.75, 3.05) is 29.9 Å². The number of anilines is 2. The van der Waals surface area contributed by atoms with Crippen LogP contribution in [-0.2, 0) is 0 Å². The van der Waals surface area contributed by atoms with Crippen LogP contribution in [0, 0.1) is 6.92 Å². The Morgan fingerprint density at radius 2 is 2.21 bits per heavy atom. The van der Waals surface area contributed by atoms with E-state index in [9.17, 15) is 10.2 Å². The Morgan fingerprint density at radius 3 is 3.00 bits per heavy atom. The standard InChI is InChI=1S/C18H24N4O2/c1-13-4-2-5-14(8-13)16(24)10-19-17-9-18(21-12-20-17)22-7-3-6-15(22)11-23/h2,4-5,8-9,12,15-16,23-24H,3,6-7,10-11H2,1H3,(H,19,20,21). The van der Waals surface area contributed by atoms with E-state index < -0.39 is 6.10 Å². The fraction of sp³-hybridized carbons (Fsp3) is 0.444. The van der Waals surface area contributed by atoms with Crippen LogP contribution in [0.4, 0.5) is 11.6 Å². The molecule has 0 spiro atoms. The molecule has 0 saturated carbocycles. The number of aromatic nitrogens is 2. The zero-order valence-electron chi connectivity index (χ0n) is 13.9. The summed E-state index contributed by atoms with van der Waals surface area (Å²) in [4.78, 5) is 10.7. The Hall–Kier alpha value is -2.18. The lowest BCUT2D eigenvalue weighted by molar-refractivity contribution is 0.191. The molecule has 6 heteroatoms. The normalized spacial score (nSPS) is 18.6. The summed E-state index contributed by atoms with van der Waals surface area (Å²) in [5.74, 6) is 1.49. The van der Waals surface area contributed by atoms with Gasteiger partial charge in [-0.25, -0.2) is 9.97 Å². The molecular weight excluding hydrogens is 304 g/mol. The van der Waals surface area contributed by atoms with Gasteiger partial charge in [-0.2, -0.15) is 0 Å². The van der Waals surface area contributed by atoms with Gasteiger partial charge in [-0.1, -0.05) is 29.8 Å². The zero-order valence-corrected chi connectivity index (χ0v) is 13.9. The molecule has 2 heterocycles. The molecule has 0 aliphatic carbocycles. The fourth-order valence-corrected chi connectivity index (χ4v) is 3.12. The fourth-order valence-electron chi connectivity index (χ4n) is 3.12. The van der Waals surface area contributed by atoms with Gasteiger partial charge in [-0.3, -0.25) is 0 Å². The first-order chi connectivity index (χ1) is 11.7. The van der Waals surface area contributed by atoms with E-state index in [-0.39, 0.29) is 12.6 Å². The maximum absolute atomic E-state index is 10.3. The third kappa shape index (κ3) is 3.83. The molecule has 1 fully saturated rings. The number of rotatable bonds is 6. The molecule has 1 saturated heterocycles. The highest BCUT2D eigenvalue weighted by Gasteiger charge is 2.25. The summed E-state index contributed by atoms with van der Waals surface area (Å²) in [7, 11) is 0. The van der Waals surface area contributed by atoms with E-state index in [0.717, 1.165) is 36.3 Å². The summed E-state index contributed by atoms with van der Waals surface area (Å²) in [5.41, 5.74) is 2.01. The molecule has 2 aromatic rings. The molecule has 1 aromatic heterocycles. The van der Waals surface area contributed by atoms with Crippen molar-refractivity contribution >= 4 is 11.6 Å². The highest BCUT2D eigenvalue weighted by Crippen LogP contribution is 2.24. The van der Waals surface area contributed by atoms with Crippen molar-refractivity contribution in [3.8, 4) is 0 Å². The van der Waals surface area contributed by atoms with Crippen molar-refractivity contribution < 1.29 is 10.2 Å². The third-order valence-electron chi connectivity index (χ3n) is 4.44. The van der Waals surface area contributed by atoms with Crippen LogP contribution in [0.3, 0.4) is 0 Å². The van der Waals surface area contributed by atoms with Crippen molar-refractivity contribution in [2.24, 2.45) is 0 Å². The molecular formula is C18H24N4O2. The van der Waals surface area contributed by atoms with Crippen LogP contribution in [0.2, 0.25) is 0 Å². The Morgan fingerprint density at radius 1 is 1.33 bits per heavy atom. The second kappa shape index (κ2) is 7.59. The Labute approximate surface area is 142 Å². The molecule has 128 valence electrons. The van der Waals surface area contributed by atoms with Crippen LogP contribution in [0.5, 0.6) is 0 Å². The smallest absolute Gasteiger partial charge is 0.134 e. The minimum Gasteiger partial charge on any atom is -0.394 e. The summed E-state index contributed by atoms with van der Waals surface area (Å²) in [6, 6.07) is 9.85. The molecule has 0 amide bonds. The molecule has 1 aliphatic heterocycles. The quantitative estimate of drug-likeness (QED) is 0.751. The van der Waals surface area contributed by atoms with Crippen LogP contribution in [0.15, 0.2) is 36.7 Å². The molecule has 0 radical (unpaired) electrons. The number of aliphatic hydroxyl groups is 2. The van der Waals surface area contributed by atoms with Gasteiger partial charge in [0.15, 0.2) is 0 Å². The van der Waals surface area contributed by atoms with Gasteiger partial charge in [-0.15, -0.1) is 0 Å². The lowest BCUT2D eigenvalue weighted by Crippen LogP contribution is -2.32. The summed E-state index contributed by atoms with van der Waals surface area (Å²) in [6.45, 7) is 3.42. The number of hydrogen-bond acceptors (Lipinski definition) is 6. The van der Waals surface area contributed by atoms with Crippen LogP contribution < -0.4 is 10.2 Å². The number of nitrogens with one attached hydrogen (secondary N) is 1. The van der Waals surface area contributed by atoms with Crippen molar-refractivity contribution in [3.63, 3.8) is 0 Å². The Kier molecular flexibility index (Phi) is 5.27. The van der Waals surface area contributed by atoms with Crippen LogP contribution >= 0.6 is 0 Å². The van der Waals surface area contributed by atoms with E-state index in [4.69, 9.17) is 0 Å². The van der Waals surface area contributed by atoms with Gasteiger partial charge in [-0.05, 0) is 25.3 Å². The molecule has 24 heavy (non-hydrogen) atoms. The zero-order chi connectivity index (χ0) is 16.9. The van der Waals surface area contributed by atoms with E-state index in [1.54, 1.807) is 0 Å². The monoisotopic (exact) mass is 328 g/mol. The first-order valence-corrected chi connectivity index (χ1v) is 8.35. The summed E-state index contributed by atoms with van der Waals surface area (Å²) in [6.07, 6.45) is 2.96.